The molecule has 4 aliphatic rings. The molecule has 33 heavy (non-hydrogen) atoms. The topological polar surface area (TPSA) is 57.5 Å². The van der Waals surface area contributed by atoms with E-state index in [1.807, 2.05) is 0 Å². The van der Waals surface area contributed by atoms with Crippen molar-refractivity contribution >= 4 is 5.97 Å². The summed E-state index contributed by atoms with van der Waals surface area (Å²) in [5.41, 5.74) is 3.44. The molecule has 0 aliphatic heterocycles. The van der Waals surface area contributed by atoms with Gasteiger partial charge in [-0.2, -0.15) is 0 Å². The molecule has 0 saturated heterocycles. The van der Waals surface area contributed by atoms with E-state index in [0.29, 0.717) is 22.7 Å². The lowest BCUT2D eigenvalue weighted by Gasteiger charge is -2.61. The van der Waals surface area contributed by atoms with Gasteiger partial charge in [-0.15, -0.1) is 0 Å². The SMILES string of the molecule is C=C(CO)C1CCC2[C@]3(CC[C@]4(C)C(C(C)CCC=C(C)C)CC[C@@]24C)C[C@]13CCC(=O)O. The lowest BCUT2D eigenvalue weighted by atomic mass is 9.43. The van der Waals surface area contributed by atoms with Crippen LogP contribution in [0.4, 0.5) is 0 Å². The number of rotatable bonds is 9. The Morgan fingerprint density at radius 1 is 1.12 bits per heavy atom. The van der Waals surface area contributed by atoms with E-state index in [-0.39, 0.29) is 23.9 Å². The summed E-state index contributed by atoms with van der Waals surface area (Å²) >= 11 is 0. The van der Waals surface area contributed by atoms with Crippen LogP contribution < -0.4 is 0 Å². The molecule has 0 amide bonds. The van der Waals surface area contributed by atoms with E-state index in [4.69, 9.17) is 0 Å². The fourth-order valence-corrected chi connectivity index (χ4v) is 10.1. The fraction of sp³-hybridized carbons (Fsp3) is 0.833. The molecule has 1 spiro atoms. The molecule has 0 bridgehead atoms. The van der Waals surface area contributed by atoms with E-state index in [9.17, 15) is 15.0 Å². The summed E-state index contributed by atoms with van der Waals surface area (Å²) in [4.78, 5) is 11.6. The van der Waals surface area contributed by atoms with Crippen molar-refractivity contribution in [2.45, 2.75) is 105 Å². The zero-order valence-corrected chi connectivity index (χ0v) is 21.9. The van der Waals surface area contributed by atoms with E-state index < -0.39 is 5.97 Å². The van der Waals surface area contributed by atoms with E-state index in [1.54, 1.807) is 0 Å². The highest BCUT2D eigenvalue weighted by Gasteiger charge is 2.80. The monoisotopic (exact) mass is 456 g/mol. The first-order chi connectivity index (χ1) is 15.5. The van der Waals surface area contributed by atoms with Crippen LogP contribution in [-0.2, 0) is 4.79 Å². The maximum Gasteiger partial charge on any atom is 0.303 e. The van der Waals surface area contributed by atoms with E-state index >= 15 is 0 Å². The summed E-state index contributed by atoms with van der Waals surface area (Å²) in [6, 6.07) is 0. The minimum atomic E-state index is -0.681. The zero-order chi connectivity index (χ0) is 24.2. The first kappa shape index (κ1) is 25.0. The number of aliphatic hydroxyl groups excluding tert-OH is 1. The molecule has 4 rings (SSSR count). The van der Waals surface area contributed by atoms with Gasteiger partial charge in [0, 0.05) is 6.42 Å². The van der Waals surface area contributed by atoms with Gasteiger partial charge in [-0.25, -0.2) is 0 Å². The van der Waals surface area contributed by atoms with Crippen molar-refractivity contribution < 1.29 is 15.0 Å². The average molecular weight is 457 g/mol. The first-order valence-corrected chi connectivity index (χ1v) is 13.6. The van der Waals surface area contributed by atoms with Gasteiger partial charge in [0.05, 0.1) is 6.61 Å². The third kappa shape index (κ3) is 3.58. The number of aliphatic hydroxyl groups is 1. The number of carboxylic acid groups (broad SMARTS) is 1. The number of allylic oxidation sites excluding steroid dienone is 2. The van der Waals surface area contributed by atoms with E-state index in [2.05, 4.69) is 47.3 Å². The lowest BCUT2D eigenvalue weighted by Crippen LogP contribution is -2.54. The van der Waals surface area contributed by atoms with Gasteiger partial charge in [0.2, 0.25) is 0 Å². The molecule has 0 heterocycles. The fourth-order valence-electron chi connectivity index (χ4n) is 10.1. The molecule has 186 valence electrons. The minimum absolute atomic E-state index is 0.0422. The molecular weight excluding hydrogens is 408 g/mol. The van der Waals surface area contributed by atoms with Crippen molar-refractivity contribution in [3.8, 4) is 0 Å². The van der Waals surface area contributed by atoms with Gasteiger partial charge >= 0.3 is 5.97 Å². The highest BCUT2D eigenvalue weighted by atomic mass is 16.4. The van der Waals surface area contributed by atoms with E-state index in [1.165, 1.54) is 50.5 Å². The van der Waals surface area contributed by atoms with Crippen LogP contribution in [-0.4, -0.2) is 22.8 Å². The quantitative estimate of drug-likeness (QED) is 0.355. The van der Waals surface area contributed by atoms with Crippen LogP contribution in [0.5, 0.6) is 0 Å². The molecular formula is C30H48O3. The first-order valence-electron chi connectivity index (χ1n) is 13.6. The predicted molar refractivity (Wildman–Crippen MR) is 135 cm³/mol. The molecule has 0 aromatic rings. The second kappa shape index (κ2) is 8.54. The number of hydrogen-bond donors (Lipinski definition) is 2. The molecule has 0 aromatic carbocycles. The summed E-state index contributed by atoms with van der Waals surface area (Å²) in [5, 5.41) is 19.5. The number of aliphatic carboxylic acids is 1. The Bertz CT molecular complexity index is 824. The van der Waals surface area contributed by atoms with Gasteiger partial charge in [-0.1, -0.05) is 39.0 Å². The molecule has 4 saturated carbocycles. The molecule has 0 radical (unpaired) electrons. The van der Waals surface area contributed by atoms with Gasteiger partial charge in [0.25, 0.3) is 0 Å². The van der Waals surface area contributed by atoms with Crippen LogP contribution in [0.3, 0.4) is 0 Å². The van der Waals surface area contributed by atoms with Crippen LogP contribution in [0.2, 0.25) is 0 Å². The molecule has 3 nitrogen and oxygen atoms in total. The maximum atomic E-state index is 11.6. The third-order valence-corrected chi connectivity index (χ3v) is 11.9. The second-order valence-electron chi connectivity index (χ2n) is 13.2. The summed E-state index contributed by atoms with van der Waals surface area (Å²) < 4.78 is 0. The van der Waals surface area contributed by atoms with Crippen molar-refractivity contribution in [3.05, 3.63) is 23.8 Å². The van der Waals surface area contributed by atoms with E-state index in [0.717, 1.165) is 36.7 Å². The largest absolute Gasteiger partial charge is 0.481 e. The Labute approximate surface area is 202 Å². The van der Waals surface area contributed by atoms with Gasteiger partial charge in [-0.05, 0) is 129 Å². The Kier molecular flexibility index (Phi) is 6.47. The standard InChI is InChI=1S/C30H48O3/c1-20(2)8-7-9-21(3)23-12-14-28(6)25-11-10-24(22(4)18-31)29(15-13-26(32)33)19-30(25,29)17-16-27(23,28)5/h8,21,23-25,31H,4,7,9-19H2,1-3,5-6H3,(H,32,33)/t21?,23?,24?,25?,27-,28+,29-,30+/m1/s1. The van der Waals surface area contributed by atoms with Crippen LogP contribution >= 0.6 is 0 Å². The van der Waals surface area contributed by atoms with Crippen LogP contribution in [0.1, 0.15) is 105 Å². The normalized spacial score (nSPS) is 44.2. The van der Waals surface area contributed by atoms with Gasteiger partial charge in [0.15, 0.2) is 0 Å². The van der Waals surface area contributed by atoms with Crippen LogP contribution in [0.15, 0.2) is 23.8 Å². The Balaban J connectivity index is 1.61. The molecule has 8 atom stereocenters. The summed E-state index contributed by atoms with van der Waals surface area (Å²) in [7, 11) is 0. The smallest absolute Gasteiger partial charge is 0.303 e. The Morgan fingerprint density at radius 3 is 2.48 bits per heavy atom. The van der Waals surface area contributed by atoms with Crippen LogP contribution in [0, 0.1) is 45.3 Å². The maximum absolute atomic E-state index is 11.6. The molecule has 3 heteroatoms. The number of carboxylic acids is 1. The molecule has 4 unspecified atom stereocenters. The number of fused-ring (bicyclic) bond motifs is 2. The minimum Gasteiger partial charge on any atom is -0.481 e. The molecule has 4 fully saturated rings. The Morgan fingerprint density at radius 2 is 1.85 bits per heavy atom. The average Bonchev–Trinajstić information content (AvgIpc) is 3.35. The van der Waals surface area contributed by atoms with Gasteiger partial charge in [0.1, 0.15) is 0 Å². The zero-order valence-electron chi connectivity index (χ0n) is 21.9. The van der Waals surface area contributed by atoms with Crippen molar-refractivity contribution in [2.24, 2.45) is 45.3 Å². The van der Waals surface area contributed by atoms with Gasteiger partial charge < -0.3 is 10.2 Å². The molecule has 2 N–H and O–H groups in total. The number of hydrogen-bond acceptors (Lipinski definition) is 2. The highest BCUT2D eigenvalue weighted by molar-refractivity contribution is 5.67. The Hall–Kier alpha value is -1.09. The van der Waals surface area contributed by atoms with Crippen molar-refractivity contribution in [2.75, 3.05) is 6.61 Å². The lowest BCUT2D eigenvalue weighted by molar-refractivity contribution is -0.139. The van der Waals surface area contributed by atoms with Crippen molar-refractivity contribution in [1.29, 1.82) is 0 Å². The third-order valence-electron chi connectivity index (χ3n) is 11.9. The highest BCUT2D eigenvalue weighted by Crippen LogP contribution is 2.87. The summed E-state index contributed by atoms with van der Waals surface area (Å²) in [5.74, 6) is 1.85. The van der Waals surface area contributed by atoms with Crippen molar-refractivity contribution in [1.82, 2.24) is 0 Å². The van der Waals surface area contributed by atoms with Crippen LogP contribution in [0.25, 0.3) is 0 Å². The van der Waals surface area contributed by atoms with Crippen molar-refractivity contribution in [3.63, 3.8) is 0 Å². The van der Waals surface area contributed by atoms with Gasteiger partial charge in [-0.3, -0.25) is 4.79 Å². The predicted octanol–water partition coefficient (Wildman–Crippen LogP) is 7.40. The molecule has 4 aliphatic carbocycles. The summed E-state index contributed by atoms with van der Waals surface area (Å²) in [6.07, 6.45) is 14.6. The number of carbonyl (C=O) groups is 1. The second-order valence-corrected chi connectivity index (χ2v) is 13.2. The molecule has 0 aromatic heterocycles. The summed E-state index contributed by atoms with van der Waals surface area (Å²) in [6.45, 7) is 16.4.